The van der Waals surface area contributed by atoms with E-state index in [4.69, 9.17) is 0 Å². The molecule has 0 aliphatic carbocycles. The largest absolute Gasteiger partial charge is 0.336 e. The van der Waals surface area contributed by atoms with Crippen LogP contribution in [0.1, 0.15) is 31.1 Å². The number of aromatic nitrogens is 2. The van der Waals surface area contributed by atoms with Gasteiger partial charge in [-0.25, -0.2) is 14.2 Å². The molecule has 8 nitrogen and oxygen atoms in total. The van der Waals surface area contributed by atoms with E-state index < -0.39 is 11.0 Å². The first kappa shape index (κ1) is 21.0. The van der Waals surface area contributed by atoms with Gasteiger partial charge in [-0.1, -0.05) is 30.3 Å². The Morgan fingerprint density at radius 3 is 1.97 bits per heavy atom. The van der Waals surface area contributed by atoms with Crippen molar-refractivity contribution < 1.29 is 18.6 Å². The molecule has 32 heavy (non-hydrogen) atoms. The Morgan fingerprint density at radius 1 is 0.719 bits per heavy atom. The van der Waals surface area contributed by atoms with Crippen molar-refractivity contribution in [3.05, 3.63) is 83.4 Å². The number of nitrogens with zero attached hydrogens (tertiary/aromatic N) is 2. The first-order valence-electron chi connectivity index (χ1n) is 9.43. The average molecular weight is 444 g/mol. The Kier molecular flexibility index (Phi) is 6.09. The molecule has 3 aromatic carbocycles. The van der Waals surface area contributed by atoms with Crippen LogP contribution in [0.5, 0.6) is 0 Å². The van der Waals surface area contributed by atoms with Gasteiger partial charge in [0.05, 0.1) is 21.6 Å². The second-order valence-corrected chi connectivity index (χ2v) is 7.89. The van der Waals surface area contributed by atoms with Crippen LogP contribution in [-0.2, 0) is 11.0 Å². The number of hydrogen-bond acceptors (Lipinski definition) is 7. The van der Waals surface area contributed by atoms with Gasteiger partial charge in [-0.2, -0.15) is 0 Å². The molecule has 158 valence electrons. The molecule has 4 aromatic rings. The van der Waals surface area contributed by atoms with Crippen LogP contribution < -0.4 is 10.0 Å². The van der Waals surface area contributed by atoms with E-state index in [1.165, 1.54) is 18.2 Å². The maximum atomic E-state index is 12.9. The normalized spacial score (nSPS) is 11.5. The standard InChI is InChI=1S/C23H16N4O4S/c28-12-15-6-9-18(10-7-15)32(31)27-23-22(24-19-3-1-2-4-20(19)25-23)26-21-11-16(13-29)5-8-17(21)14-30/h1-14H,(H,24,26)(H,25,27). The van der Waals surface area contributed by atoms with Crippen LogP contribution in [0, 0.1) is 0 Å². The van der Waals surface area contributed by atoms with Gasteiger partial charge in [-0.15, -0.1) is 0 Å². The Bertz CT molecular complexity index is 1360. The molecular formula is C23H16N4O4S. The molecule has 0 bridgehead atoms. The van der Waals surface area contributed by atoms with Crippen molar-refractivity contribution in [2.24, 2.45) is 0 Å². The van der Waals surface area contributed by atoms with Crippen molar-refractivity contribution in [1.82, 2.24) is 9.97 Å². The molecule has 1 atom stereocenters. The highest BCUT2D eigenvalue weighted by Gasteiger charge is 2.15. The highest BCUT2D eigenvalue weighted by atomic mass is 32.2. The fraction of sp³-hybridized carbons (Fsp3) is 0. The quantitative estimate of drug-likeness (QED) is 0.395. The zero-order chi connectivity index (χ0) is 22.5. The lowest BCUT2D eigenvalue weighted by atomic mass is 10.1. The zero-order valence-corrected chi connectivity index (χ0v) is 17.3. The number of nitrogens with one attached hydrogen (secondary N) is 2. The molecule has 2 N–H and O–H groups in total. The summed E-state index contributed by atoms with van der Waals surface area (Å²) in [6.45, 7) is 0. The van der Waals surface area contributed by atoms with E-state index in [0.717, 1.165) is 0 Å². The molecule has 1 aromatic heterocycles. The number of para-hydroxylation sites is 2. The third-order valence-corrected chi connectivity index (χ3v) is 5.66. The molecule has 1 unspecified atom stereocenters. The Balaban J connectivity index is 1.75. The van der Waals surface area contributed by atoms with Crippen LogP contribution in [0.3, 0.4) is 0 Å². The third-order valence-electron chi connectivity index (χ3n) is 4.58. The van der Waals surface area contributed by atoms with Crippen molar-refractivity contribution in [2.75, 3.05) is 10.0 Å². The number of carbonyl (C=O) groups is 3. The predicted molar refractivity (Wildman–Crippen MR) is 122 cm³/mol. The maximum Gasteiger partial charge on any atom is 0.182 e. The Hall–Kier alpha value is -4.24. The molecule has 0 saturated heterocycles. The number of benzene rings is 3. The lowest BCUT2D eigenvalue weighted by molar-refractivity contribution is 0.111. The zero-order valence-electron chi connectivity index (χ0n) is 16.5. The summed E-state index contributed by atoms with van der Waals surface area (Å²) >= 11 is 0. The van der Waals surface area contributed by atoms with Gasteiger partial charge in [0.25, 0.3) is 0 Å². The lowest BCUT2D eigenvalue weighted by Crippen LogP contribution is -2.10. The number of aldehydes is 3. The number of carbonyl (C=O) groups excluding carboxylic acids is 3. The molecule has 0 radical (unpaired) electrons. The summed E-state index contributed by atoms with van der Waals surface area (Å²) in [5.41, 5.74) is 2.68. The average Bonchev–Trinajstić information content (AvgIpc) is 2.84. The van der Waals surface area contributed by atoms with Crippen molar-refractivity contribution in [3.63, 3.8) is 0 Å². The minimum absolute atomic E-state index is 0.190. The Morgan fingerprint density at radius 2 is 1.34 bits per heavy atom. The summed E-state index contributed by atoms with van der Waals surface area (Å²) in [7, 11) is -1.70. The van der Waals surface area contributed by atoms with Gasteiger partial charge in [0.1, 0.15) is 12.6 Å². The van der Waals surface area contributed by atoms with E-state index in [1.807, 2.05) is 6.07 Å². The minimum atomic E-state index is -1.70. The number of fused-ring (bicyclic) bond motifs is 1. The van der Waals surface area contributed by atoms with Gasteiger partial charge in [-0.3, -0.25) is 19.1 Å². The van der Waals surface area contributed by atoms with E-state index in [2.05, 4.69) is 20.0 Å². The van der Waals surface area contributed by atoms with E-state index >= 15 is 0 Å². The van der Waals surface area contributed by atoms with Crippen LogP contribution >= 0.6 is 0 Å². The van der Waals surface area contributed by atoms with Gasteiger partial charge in [0, 0.05) is 16.7 Å². The second-order valence-electron chi connectivity index (χ2n) is 6.67. The van der Waals surface area contributed by atoms with E-state index in [0.29, 0.717) is 57.2 Å². The van der Waals surface area contributed by atoms with Crippen LogP contribution in [0.15, 0.2) is 71.6 Å². The SMILES string of the molecule is O=Cc1ccc(S(=O)Nc2nc3ccccc3nc2Nc2cc(C=O)ccc2C=O)cc1. The summed E-state index contributed by atoms with van der Waals surface area (Å²) in [4.78, 5) is 43.0. The third kappa shape index (κ3) is 4.42. The molecule has 0 fully saturated rings. The highest BCUT2D eigenvalue weighted by Crippen LogP contribution is 2.28. The van der Waals surface area contributed by atoms with Gasteiger partial charge >= 0.3 is 0 Å². The molecule has 0 spiro atoms. The highest BCUT2D eigenvalue weighted by molar-refractivity contribution is 7.86. The molecule has 0 amide bonds. The van der Waals surface area contributed by atoms with Crippen molar-refractivity contribution in [2.45, 2.75) is 4.90 Å². The number of hydrogen-bond donors (Lipinski definition) is 2. The molecule has 0 aliphatic rings. The van der Waals surface area contributed by atoms with E-state index in [1.54, 1.807) is 42.5 Å². The fourth-order valence-corrected chi connectivity index (χ4v) is 3.78. The smallest absolute Gasteiger partial charge is 0.182 e. The summed E-state index contributed by atoms with van der Waals surface area (Å²) in [6.07, 6.45) is 2.03. The van der Waals surface area contributed by atoms with Crippen LogP contribution in [-0.4, -0.2) is 33.0 Å². The van der Waals surface area contributed by atoms with Gasteiger partial charge in [-0.05, 0) is 36.4 Å². The van der Waals surface area contributed by atoms with Crippen molar-refractivity contribution in [1.29, 1.82) is 0 Å². The molecule has 1 heterocycles. The minimum Gasteiger partial charge on any atom is -0.336 e. The maximum absolute atomic E-state index is 12.9. The van der Waals surface area contributed by atoms with Crippen molar-refractivity contribution in [3.8, 4) is 0 Å². The predicted octanol–water partition coefficient (Wildman–Crippen LogP) is 3.95. The monoisotopic (exact) mass is 444 g/mol. The van der Waals surface area contributed by atoms with Gasteiger partial charge < -0.3 is 5.32 Å². The first-order chi connectivity index (χ1) is 15.6. The summed E-state index contributed by atoms with van der Waals surface area (Å²) in [6, 6.07) is 18.0. The number of rotatable bonds is 8. The Labute approximate surface area is 185 Å². The van der Waals surface area contributed by atoms with Crippen LogP contribution in [0.4, 0.5) is 17.3 Å². The number of anilines is 3. The van der Waals surface area contributed by atoms with E-state index in [-0.39, 0.29) is 11.6 Å². The molecular weight excluding hydrogens is 428 g/mol. The van der Waals surface area contributed by atoms with Gasteiger partial charge in [0.15, 0.2) is 28.9 Å². The summed E-state index contributed by atoms with van der Waals surface area (Å²) in [5.74, 6) is 0.419. The summed E-state index contributed by atoms with van der Waals surface area (Å²) < 4.78 is 15.7. The lowest BCUT2D eigenvalue weighted by Gasteiger charge is -2.14. The molecule has 9 heteroatoms. The summed E-state index contributed by atoms with van der Waals surface area (Å²) in [5, 5.41) is 3.03. The second kappa shape index (κ2) is 9.27. The first-order valence-corrected chi connectivity index (χ1v) is 10.6. The molecule has 0 saturated carbocycles. The van der Waals surface area contributed by atoms with E-state index in [9.17, 15) is 18.6 Å². The molecule has 4 rings (SSSR count). The topological polar surface area (TPSA) is 118 Å². The van der Waals surface area contributed by atoms with Crippen molar-refractivity contribution >= 4 is 58.2 Å². The molecule has 0 aliphatic heterocycles. The van der Waals surface area contributed by atoms with Gasteiger partial charge in [0.2, 0.25) is 0 Å². The van der Waals surface area contributed by atoms with Crippen LogP contribution in [0.2, 0.25) is 0 Å². The fourth-order valence-electron chi connectivity index (χ4n) is 2.96. The van der Waals surface area contributed by atoms with Crippen LogP contribution in [0.25, 0.3) is 11.0 Å².